The molecule has 0 aromatic carbocycles. The van der Waals surface area contributed by atoms with E-state index >= 15 is 0 Å². The third-order valence-corrected chi connectivity index (χ3v) is 1.51. The lowest BCUT2D eigenvalue weighted by atomic mass is 10.1. The van der Waals surface area contributed by atoms with E-state index in [9.17, 15) is 9.59 Å². The van der Waals surface area contributed by atoms with Crippen LogP contribution >= 0.6 is 0 Å². The summed E-state index contributed by atoms with van der Waals surface area (Å²) in [5.41, 5.74) is 0.0827. The van der Waals surface area contributed by atoms with Gasteiger partial charge in [-0.3, -0.25) is 9.59 Å². The van der Waals surface area contributed by atoms with Crippen LogP contribution in [0.2, 0.25) is 0 Å². The molecule has 0 fully saturated rings. The molecule has 2 N–H and O–H groups in total. The first-order valence-electron chi connectivity index (χ1n) is 3.94. The highest BCUT2D eigenvalue weighted by Crippen LogP contribution is 1.94. The van der Waals surface area contributed by atoms with E-state index in [0.29, 0.717) is 12.8 Å². The van der Waals surface area contributed by atoms with Gasteiger partial charge in [0.05, 0.1) is 11.8 Å². The molecule has 0 aromatic rings. The number of Topliss-reactive ketones (excluding diaryl/α,β-unsaturated/α-hetero) is 1. The van der Waals surface area contributed by atoms with Crippen molar-refractivity contribution < 1.29 is 9.59 Å². The number of amides is 1. The van der Waals surface area contributed by atoms with Crippen molar-refractivity contribution in [2.24, 2.45) is 0 Å². The van der Waals surface area contributed by atoms with Crippen LogP contribution in [0.15, 0.2) is 0 Å². The molecule has 0 aliphatic heterocycles. The van der Waals surface area contributed by atoms with Gasteiger partial charge >= 0.3 is 0 Å². The van der Waals surface area contributed by atoms with Crippen molar-refractivity contribution in [3.63, 3.8) is 0 Å². The first kappa shape index (κ1) is 10.8. The number of carbonyl (C=O) groups excluding carboxylic acids is 2. The van der Waals surface area contributed by atoms with Gasteiger partial charge in [0.25, 0.3) is 0 Å². The largest absolute Gasteiger partial charge is 0.349 e. The normalized spacial score (nSPS) is 11.8. The Balaban J connectivity index is 3.99. The Morgan fingerprint density at radius 3 is 2.67 bits per heavy atom. The van der Waals surface area contributed by atoms with Gasteiger partial charge in [-0.25, -0.2) is 0 Å². The number of hydrogen-bond acceptors (Lipinski definition) is 3. The molecule has 0 spiro atoms. The summed E-state index contributed by atoms with van der Waals surface area (Å²) in [7, 11) is 0. The molecule has 0 saturated carbocycles. The van der Waals surface area contributed by atoms with Crippen molar-refractivity contribution in [3.8, 4) is 0 Å². The van der Waals surface area contributed by atoms with E-state index in [1.54, 1.807) is 6.92 Å². The molecule has 0 rings (SSSR count). The molecule has 0 aliphatic rings. The Morgan fingerprint density at radius 1 is 1.67 bits per heavy atom. The lowest BCUT2D eigenvalue weighted by Crippen LogP contribution is -2.37. The highest BCUT2D eigenvalue weighted by Gasteiger charge is 2.15. The average molecular weight is 170 g/mol. The maximum absolute atomic E-state index is 11.2. The Kier molecular flexibility index (Phi) is 4.92. The molecular weight excluding hydrogens is 156 g/mol. The summed E-state index contributed by atoms with van der Waals surface area (Å²) in [4.78, 5) is 21.1. The lowest BCUT2D eigenvalue weighted by Gasteiger charge is -2.08. The molecule has 1 unspecified atom stereocenters. The Morgan fingerprint density at radius 2 is 2.25 bits per heavy atom. The van der Waals surface area contributed by atoms with Crippen molar-refractivity contribution in [1.82, 2.24) is 5.32 Å². The van der Waals surface area contributed by atoms with Crippen LogP contribution in [0.3, 0.4) is 0 Å². The predicted octanol–water partition coefficient (Wildman–Crippen LogP) is 0.510. The molecule has 0 heterocycles. The number of carbonyl (C=O) groups is 2. The molecule has 0 aromatic heterocycles. The second-order valence-corrected chi connectivity index (χ2v) is 2.60. The fraction of sp³-hybridized carbons (Fsp3) is 0.625. The monoisotopic (exact) mass is 170 g/mol. The van der Waals surface area contributed by atoms with Crippen LogP contribution in [0.25, 0.3) is 0 Å². The van der Waals surface area contributed by atoms with Crippen molar-refractivity contribution in [3.05, 3.63) is 0 Å². The molecular formula is C8H14N2O2. The highest BCUT2D eigenvalue weighted by atomic mass is 16.1. The highest BCUT2D eigenvalue weighted by molar-refractivity contribution is 6.40. The Labute approximate surface area is 71.9 Å². The van der Waals surface area contributed by atoms with E-state index in [1.807, 2.05) is 6.92 Å². The smallest absolute Gasteiger partial charge is 0.207 e. The summed E-state index contributed by atoms with van der Waals surface area (Å²) in [6, 6.07) is -0.568. The summed E-state index contributed by atoms with van der Waals surface area (Å²) in [6.45, 7) is 3.47. The summed E-state index contributed by atoms with van der Waals surface area (Å²) in [6.07, 6.45) is 1.73. The van der Waals surface area contributed by atoms with Gasteiger partial charge in [-0.1, -0.05) is 13.3 Å². The molecule has 4 nitrogen and oxygen atoms in total. The fourth-order valence-corrected chi connectivity index (χ4v) is 0.812. The van der Waals surface area contributed by atoms with Gasteiger partial charge in [0.2, 0.25) is 6.41 Å². The van der Waals surface area contributed by atoms with E-state index in [-0.39, 0.29) is 11.5 Å². The quantitative estimate of drug-likeness (QED) is 0.450. The van der Waals surface area contributed by atoms with Crippen LogP contribution < -0.4 is 5.32 Å². The third-order valence-electron chi connectivity index (χ3n) is 1.51. The van der Waals surface area contributed by atoms with E-state index in [1.165, 1.54) is 0 Å². The molecule has 0 radical (unpaired) electrons. The Hall–Kier alpha value is -1.19. The van der Waals surface area contributed by atoms with Gasteiger partial charge in [0.15, 0.2) is 5.78 Å². The minimum Gasteiger partial charge on any atom is -0.349 e. The third kappa shape index (κ3) is 3.27. The topological polar surface area (TPSA) is 70.0 Å². The van der Waals surface area contributed by atoms with E-state index in [0.717, 1.165) is 6.42 Å². The summed E-state index contributed by atoms with van der Waals surface area (Å²) in [5, 5.41) is 9.61. The molecule has 4 heteroatoms. The van der Waals surface area contributed by atoms with E-state index in [2.05, 4.69) is 5.32 Å². The minimum atomic E-state index is -0.568. The van der Waals surface area contributed by atoms with Crippen molar-refractivity contribution in [2.75, 3.05) is 0 Å². The lowest BCUT2D eigenvalue weighted by molar-refractivity contribution is -0.118. The predicted molar refractivity (Wildman–Crippen MR) is 46.3 cm³/mol. The molecule has 0 aliphatic carbocycles. The van der Waals surface area contributed by atoms with Crippen molar-refractivity contribution >= 4 is 17.9 Å². The second-order valence-electron chi connectivity index (χ2n) is 2.60. The summed E-state index contributed by atoms with van der Waals surface area (Å²) in [5.74, 6) is -0.302. The molecule has 1 amide bonds. The first-order chi connectivity index (χ1) is 5.63. The van der Waals surface area contributed by atoms with Gasteiger partial charge in [-0.2, -0.15) is 0 Å². The molecule has 1 atom stereocenters. The standard InChI is InChI=1S/C8H14N2O2/c1-3-4-7(9)8(12)6(2)10-5-11/h5-6,9H,3-4H2,1-2H3,(H,10,11). The summed E-state index contributed by atoms with van der Waals surface area (Å²) >= 11 is 0. The average Bonchev–Trinajstić information content (AvgIpc) is 2.04. The van der Waals surface area contributed by atoms with Crippen LogP contribution in [0.1, 0.15) is 26.7 Å². The molecule has 68 valence electrons. The number of rotatable bonds is 6. The molecule has 12 heavy (non-hydrogen) atoms. The van der Waals surface area contributed by atoms with Crippen LogP contribution in [0.5, 0.6) is 0 Å². The molecule has 0 saturated heterocycles. The van der Waals surface area contributed by atoms with Gasteiger partial charge in [0, 0.05) is 0 Å². The van der Waals surface area contributed by atoms with Gasteiger partial charge in [0.1, 0.15) is 0 Å². The summed E-state index contributed by atoms with van der Waals surface area (Å²) < 4.78 is 0. The van der Waals surface area contributed by atoms with E-state index < -0.39 is 6.04 Å². The minimum absolute atomic E-state index is 0.0827. The zero-order valence-electron chi connectivity index (χ0n) is 7.39. The molecule has 0 bridgehead atoms. The van der Waals surface area contributed by atoms with Crippen molar-refractivity contribution in [2.45, 2.75) is 32.7 Å². The number of hydrogen-bond donors (Lipinski definition) is 2. The van der Waals surface area contributed by atoms with Gasteiger partial charge < -0.3 is 10.7 Å². The number of nitrogens with one attached hydrogen (secondary N) is 2. The fourth-order valence-electron chi connectivity index (χ4n) is 0.812. The van der Waals surface area contributed by atoms with Gasteiger partial charge in [-0.05, 0) is 13.3 Å². The number of ketones is 1. The maximum Gasteiger partial charge on any atom is 0.207 e. The first-order valence-corrected chi connectivity index (χ1v) is 3.94. The SMILES string of the molecule is CCCC(=N)C(=O)C(C)NC=O. The van der Waals surface area contributed by atoms with Crippen molar-refractivity contribution in [1.29, 1.82) is 5.41 Å². The van der Waals surface area contributed by atoms with Gasteiger partial charge in [-0.15, -0.1) is 0 Å². The van der Waals surface area contributed by atoms with Crippen LogP contribution in [-0.2, 0) is 9.59 Å². The second kappa shape index (κ2) is 5.46. The Bertz CT molecular complexity index is 189. The van der Waals surface area contributed by atoms with E-state index in [4.69, 9.17) is 5.41 Å². The van der Waals surface area contributed by atoms with Crippen LogP contribution in [-0.4, -0.2) is 23.9 Å². The van der Waals surface area contributed by atoms with Crippen LogP contribution in [0, 0.1) is 5.41 Å². The zero-order chi connectivity index (χ0) is 9.56. The van der Waals surface area contributed by atoms with Crippen LogP contribution in [0.4, 0.5) is 0 Å². The maximum atomic E-state index is 11.2. The zero-order valence-corrected chi connectivity index (χ0v) is 7.39.